The Morgan fingerprint density at radius 1 is 0.926 bits per heavy atom. The highest BCUT2D eigenvalue weighted by molar-refractivity contribution is 5.92. The molecule has 0 fully saturated rings. The Morgan fingerprint density at radius 2 is 1.41 bits per heavy atom. The fourth-order valence-corrected chi connectivity index (χ4v) is 2.50. The van der Waals surface area contributed by atoms with Gasteiger partial charge in [-0.1, -0.05) is 27.7 Å². The van der Waals surface area contributed by atoms with Gasteiger partial charge in [0.05, 0.1) is 12.1 Å². The highest BCUT2D eigenvalue weighted by atomic mass is 16.3. The second-order valence-corrected chi connectivity index (χ2v) is 7.73. The van der Waals surface area contributed by atoms with Gasteiger partial charge >= 0.3 is 0 Å². The average molecular weight is 389 g/mol. The van der Waals surface area contributed by atoms with Gasteiger partial charge in [-0.05, 0) is 25.2 Å². The van der Waals surface area contributed by atoms with E-state index in [0.29, 0.717) is 0 Å². The zero-order valence-electron chi connectivity index (χ0n) is 16.9. The lowest BCUT2D eigenvalue weighted by Crippen LogP contribution is -2.67. The molecule has 0 heterocycles. The maximum atomic E-state index is 12.6. The molecule has 0 aromatic rings. The molecule has 9 N–H and O–H groups in total. The molecular formula is C17H35N5O5. The summed E-state index contributed by atoms with van der Waals surface area (Å²) in [6.45, 7) is 9.81. The van der Waals surface area contributed by atoms with Crippen molar-refractivity contribution in [2.24, 2.45) is 23.3 Å². The van der Waals surface area contributed by atoms with Crippen molar-refractivity contribution in [3.8, 4) is 0 Å². The Hall–Kier alpha value is -1.75. The van der Waals surface area contributed by atoms with E-state index in [1.54, 1.807) is 13.8 Å². The van der Waals surface area contributed by atoms with Crippen molar-refractivity contribution < 1.29 is 24.6 Å². The normalized spacial score (nSPS) is 16.4. The SMILES string of the molecule is CC(=O)N[C@H](C(=O)N[C@H](C(=O)N[C@@H](CC(C)C)C(N)(N)O)[C@@H](C)O)C(C)C. The third-order valence-corrected chi connectivity index (χ3v) is 3.95. The lowest BCUT2D eigenvalue weighted by molar-refractivity contribution is -0.135. The van der Waals surface area contributed by atoms with Crippen LogP contribution in [0.2, 0.25) is 0 Å². The lowest BCUT2D eigenvalue weighted by Gasteiger charge is -2.33. The van der Waals surface area contributed by atoms with Gasteiger partial charge in [0.1, 0.15) is 12.1 Å². The van der Waals surface area contributed by atoms with Gasteiger partial charge in [0.25, 0.3) is 0 Å². The molecule has 0 aliphatic carbocycles. The zero-order valence-corrected chi connectivity index (χ0v) is 16.9. The molecule has 27 heavy (non-hydrogen) atoms. The van der Waals surface area contributed by atoms with Crippen LogP contribution >= 0.6 is 0 Å². The maximum Gasteiger partial charge on any atom is 0.245 e. The average Bonchev–Trinajstić information content (AvgIpc) is 2.46. The second-order valence-electron chi connectivity index (χ2n) is 7.73. The van der Waals surface area contributed by atoms with Gasteiger partial charge in [-0.2, -0.15) is 0 Å². The third kappa shape index (κ3) is 9.14. The fourth-order valence-electron chi connectivity index (χ4n) is 2.50. The van der Waals surface area contributed by atoms with E-state index in [4.69, 9.17) is 11.5 Å². The molecule has 0 radical (unpaired) electrons. The maximum absolute atomic E-state index is 12.6. The van der Waals surface area contributed by atoms with Crippen LogP contribution in [0.4, 0.5) is 0 Å². The third-order valence-electron chi connectivity index (χ3n) is 3.95. The standard InChI is InChI=1S/C17H35N5O5/c1-8(2)7-12(17(18,19)27)21-16(26)14(10(5)23)22-15(25)13(9(3)4)20-11(6)24/h8-10,12-14,23,27H,7,18-19H2,1-6H3,(H,20,24)(H,21,26)(H,22,25)/t10-,12+,13+,14+/m1/s1. The number of aliphatic hydroxyl groups excluding tert-OH is 1. The van der Waals surface area contributed by atoms with Crippen LogP contribution in [0, 0.1) is 11.8 Å². The first-order chi connectivity index (χ1) is 12.2. The van der Waals surface area contributed by atoms with Crippen LogP contribution in [0.25, 0.3) is 0 Å². The quantitative estimate of drug-likeness (QED) is 0.213. The van der Waals surface area contributed by atoms with Crippen molar-refractivity contribution in [2.75, 3.05) is 0 Å². The number of amides is 3. The van der Waals surface area contributed by atoms with Gasteiger partial charge in [-0.3, -0.25) is 25.9 Å². The summed E-state index contributed by atoms with van der Waals surface area (Å²) in [5.74, 6) is -4.09. The second kappa shape index (κ2) is 10.5. The number of aliphatic hydroxyl groups is 2. The molecule has 0 unspecified atom stereocenters. The number of hydrogen-bond acceptors (Lipinski definition) is 7. The van der Waals surface area contributed by atoms with Crippen molar-refractivity contribution in [2.45, 2.75) is 78.0 Å². The number of carbonyl (C=O) groups excluding carboxylic acids is 3. The summed E-state index contributed by atoms with van der Waals surface area (Å²) in [5.41, 5.74) is 11.0. The molecule has 0 aliphatic heterocycles. The van der Waals surface area contributed by atoms with Gasteiger partial charge in [-0.15, -0.1) is 0 Å². The summed E-state index contributed by atoms with van der Waals surface area (Å²) in [5, 5.41) is 27.3. The molecule has 3 amide bonds. The summed E-state index contributed by atoms with van der Waals surface area (Å²) in [4.78, 5) is 36.4. The highest BCUT2D eigenvalue weighted by Crippen LogP contribution is 2.11. The first-order valence-corrected chi connectivity index (χ1v) is 9.02. The van der Waals surface area contributed by atoms with Crippen LogP contribution in [0.15, 0.2) is 0 Å². The Morgan fingerprint density at radius 3 is 1.74 bits per heavy atom. The van der Waals surface area contributed by atoms with Crippen LogP contribution in [-0.4, -0.2) is 58.0 Å². The van der Waals surface area contributed by atoms with Crippen LogP contribution in [0.3, 0.4) is 0 Å². The molecule has 0 aromatic heterocycles. The molecule has 0 saturated carbocycles. The predicted octanol–water partition coefficient (Wildman–Crippen LogP) is -1.89. The number of carbonyl (C=O) groups is 3. The number of hydrogen-bond donors (Lipinski definition) is 7. The minimum Gasteiger partial charge on any atom is -0.391 e. The van der Waals surface area contributed by atoms with Crippen molar-refractivity contribution in [1.29, 1.82) is 0 Å². The Labute approximate surface area is 160 Å². The first-order valence-electron chi connectivity index (χ1n) is 9.02. The Kier molecular flexibility index (Phi) is 9.87. The molecular weight excluding hydrogens is 354 g/mol. The smallest absolute Gasteiger partial charge is 0.245 e. The number of nitrogens with one attached hydrogen (secondary N) is 3. The number of nitrogens with two attached hydrogens (primary N) is 2. The summed E-state index contributed by atoms with van der Waals surface area (Å²) in [7, 11) is 0. The molecule has 0 aromatic carbocycles. The van der Waals surface area contributed by atoms with Crippen molar-refractivity contribution in [1.82, 2.24) is 16.0 Å². The van der Waals surface area contributed by atoms with Crippen molar-refractivity contribution >= 4 is 17.7 Å². The molecule has 0 aliphatic rings. The zero-order chi connectivity index (χ0) is 21.5. The van der Waals surface area contributed by atoms with Crippen LogP contribution in [-0.2, 0) is 14.4 Å². The van der Waals surface area contributed by atoms with E-state index < -0.39 is 47.8 Å². The summed E-state index contributed by atoms with van der Waals surface area (Å²) in [6, 6.07) is -3.17. The van der Waals surface area contributed by atoms with E-state index in [1.807, 2.05) is 13.8 Å². The largest absolute Gasteiger partial charge is 0.391 e. The topological polar surface area (TPSA) is 180 Å². The van der Waals surface area contributed by atoms with E-state index in [9.17, 15) is 24.6 Å². The van der Waals surface area contributed by atoms with E-state index in [-0.39, 0.29) is 18.3 Å². The monoisotopic (exact) mass is 389 g/mol. The Balaban J connectivity index is 5.32. The molecule has 10 heteroatoms. The van der Waals surface area contributed by atoms with E-state index in [2.05, 4.69) is 16.0 Å². The van der Waals surface area contributed by atoms with Gasteiger partial charge in [0.15, 0.2) is 5.85 Å². The number of rotatable bonds is 10. The molecule has 158 valence electrons. The highest BCUT2D eigenvalue weighted by Gasteiger charge is 2.35. The van der Waals surface area contributed by atoms with E-state index >= 15 is 0 Å². The molecule has 0 spiro atoms. The first kappa shape index (κ1) is 25.2. The van der Waals surface area contributed by atoms with Crippen LogP contribution in [0.1, 0.15) is 48.0 Å². The molecule has 0 bridgehead atoms. The summed E-state index contributed by atoms with van der Waals surface area (Å²) in [6.07, 6.45) is -0.946. The van der Waals surface area contributed by atoms with Crippen LogP contribution < -0.4 is 27.4 Å². The van der Waals surface area contributed by atoms with Gasteiger partial charge in [0.2, 0.25) is 17.7 Å². The molecule has 4 atom stereocenters. The molecule has 0 rings (SSSR count). The van der Waals surface area contributed by atoms with Gasteiger partial charge in [-0.25, -0.2) is 0 Å². The summed E-state index contributed by atoms with van der Waals surface area (Å²) >= 11 is 0. The fraction of sp³-hybridized carbons (Fsp3) is 0.824. The van der Waals surface area contributed by atoms with E-state index in [1.165, 1.54) is 13.8 Å². The lowest BCUT2D eigenvalue weighted by atomic mass is 9.98. The molecule has 0 saturated heterocycles. The van der Waals surface area contributed by atoms with Gasteiger partial charge < -0.3 is 26.2 Å². The van der Waals surface area contributed by atoms with Crippen LogP contribution in [0.5, 0.6) is 0 Å². The summed E-state index contributed by atoms with van der Waals surface area (Å²) < 4.78 is 0. The Bertz CT molecular complexity index is 516. The van der Waals surface area contributed by atoms with Gasteiger partial charge in [0, 0.05) is 6.92 Å². The minimum atomic E-state index is -2.16. The predicted molar refractivity (Wildman–Crippen MR) is 101 cm³/mol. The molecule has 10 nitrogen and oxygen atoms in total. The van der Waals surface area contributed by atoms with Crippen molar-refractivity contribution in [3.05, 3.63) is 0 Å². The van der Waals surface area contributed by atoms with E-state index in [0.717, 1.165) is 0 Å². The minimum absolute atomic E-state index is 0.0682. The van der Waals surface area contributed by atoms with Crippen molar-refractivity contribution in [3.63, 3.8) is 0 Å².